The number of amides is 2. The fourth-order valence-electron chi connectivity index (χ4n) is 2.60. The minimum atomic E-state index is -0.736. The first-order chi connectivity index (χ1) is 10.1. The smallest absolute Gasteiger partial charge is 0.313 e. The van der Waals surface area contributed by atoms with E-state index in [-0.39, 0.29) is 17.5 Å². The Balaban J connectivity index is 1.92. The number of rotatable bonds is 2. The molecule has 5 nitrogen and oxygen atoms in total. The number of carbonyl (C=O) groups is 2. The zero-order valence-corrected chi connectivity index (χ0v) is 12.3. The van der Waals surface area contributed by atoms with Crippen molar-refractivity contribution in [2.45, 2.75) is 51.5 Å². The van der Waals surface area contributed by atoms with E-state index in [4.69, 9.17) is 0 Å². The summed E-state index contributed by atoms with van der Waals surface area (Å²) in [4.78, 5) is 23.8. The van der Waals surface area contributed by atoms with Gasteiger partial charge in [-0.3, -0.25) is 9.59 Å². The van der Waals surface area contributed by atoms with Gasteiger partial charge in [0.25, 0.3) is 0 Å². The number of carbonyl (C=O) groups excluding carboxylic acids is 2. The van der Waals surface area contributed by atoms with Gasteiger partial charge in [-0.1, -0.05) is 31.7 Å². The quantitative estimate of drug-likeness (QED) is 0.445. The number of phenols is 1. The molecule has 0 aliphatic heterocycles. The van der Waals surface area contributed by atoms with Crippen LogP contribution in [0.5, 0.6) is 5.75 Å². The van der Waals surface area contributed by atoms with E-state index in [2.05, 4.69) is 10.6 Å². The van der Waals surface area contributed by atoms with Gasteiger partial charge in [-0.2, -0.15) is 0 Å². The molecule has 114 valence electrons. The summed E-state index contributed by atoms with van der Waals surface area (Å²) < 4.78 is 0. The lowest BCUT2D eigenvalue weighted by Crippen LogP contribution is -2.41. The van der Waals surface area contributed by atoms with Crippen LogP contribution in [-0.2, 0) is 9.59 Å². The van der Waals surface area contributed by atoms with Crippen molar-refractivity contribution in [3.63, 3.8) is 0 Å². The van der Waals surface area contributed by atoms with Gasteiger partial charge in [-0.05, 0) is 37.5 Å². The van der Waals surface area contributed by atoms with Crippen molar-refractivity contribution in [3.8, 4) is 5.75 Å². The third kappa shape index (κ3) is 4.48. The van der Waals surface area contributed by atoms with Crippen LogP contribution < -0.4 is 10.6 Å². The van der Waals surface area contributed by atoms with Crippen LogP contribution in [0, 0.1) is 6.92 Å². The van der Waals surface area contributed by atoms with Gasteiger partial charge in [0.1, 0.15) is 5.75 Å². The monoisotopic (exact) mass is 290 g/mol. The molecule has 0 spiro atoms. The minimum Gasteiger partial charge on any atom is -0.506 e. The van der Waals surface area contributed by atoms with Crippen LogP contribution in [0.3, 0.4) is 0 Å². The molecule has 0 bridgehead atoms. The van der Waals surface area contributed by atoms with E-state index >= 15 is 0 Å². The predicted octanol–water partition coefficient (Wildman–Crippen LogP) is 2.48. The third-order valence-corrected chi connectivity index (χ3v) is 3.80. The van der Waals surface area contributed by atoms with E-state index in [1.54, 1.807) is 12.1 Å². The van der Waals surface area contributed by atoms with Crippen LogP contribution in [0.1, 0.15) is 44.1 Å². The lowest BCUT2D eigenvalue weighted by molar-refractivity contribution is -0.136. The molecule has 0 unspecified atom stereocenters. The molecule has 21 heavy (non-hydrogen) atoms. The lowest BCUT2D eigenvalue weighted by atomic mass is 10.1. The summed E-state index contributed by atoms with van der Waals surface area (Å²) in [5.74, 6) is -1.42. The maximum atomic E-state index is 11.9. The molecule has 0 heterocycles. The zero-order valence-electron chi connectivity index (χ0n) is 12.3. The topological polar surface area (TPSA) is 78.4 Å². The fourth-order valence-corrected chi connectivity index (χ4v) is 2.60. The van der Waals surface area contributed by atoms with Crippen LogP contribution in [0.2, 0.25) is 0 Å². The maximum Gasteiger partial charge on any atom is 0.313 e. The van der Waals surface area contributed by atoms with Gasteiger partial charge in [0.2, 0.25) is 0 Å². The summed E-state index contributed by atoms with van der Waals surface area (Å²) >= 11 is 0. The van der Waals surface area contributed by atoms with E-state index in [0.29, 0.717) is 0 Å². The molecule has 0 atom stereocenters. The Morgan fingerprint density at radius 3 is 2.43 bits per heavy atom. The molecule has 1 saturated carbocycles. The van der Waals surface area contributed by atoms with E-state index in [1.807, 2.05) is 6.92 Å². The predicted molar refractivity (Wildman–Crippen MR) is 81.1 cm³/mol. The number of aryl methyl sites for hydroxylation is 1. The first kappa shape index (κ1) is 15.4. The van der Waals surface area contributed by atoms with Gasteiger partial charge in [-0.15, -0.1) is 0 Å². The molecule has 0 radical (unpaired) electrons. The number of anilines is 1. The zero-order chi connectivity index (χ0) is 15.2. The number of aromatic hydroxyl groups is 1. The largest absolute Gasteiger partial charge is 0.506 e. The Hall–Kier alpha value is -2.04. The summed E-state index contributed by atoms with van der Waals surface area (Å²) in [6, 6.07) is 4.94. The molecule has 0 aromatic heterocycles. The average molecular weight is 290 g/mol. The van der Waals surface area contributed by atoms with Crippen LogP contribution in [0.4, 0.5) is 5.69 Å². The Kier molecular flexibility index (Phi) is 5.20. The molecule has 1 aromatic carbocycles. The number of phenolic OH excluding ortho intramolecular Hbond substituents is 1. The van der Waals surface area contributed by atoms with Crippen LogP contribution >= 0.6 is 0 Å². The molecule has 2 amide bonds. The highest BCUT2D eigenvalue weighted by molar-refractivity contribution is 6.39. The summed E-state index contributed by atoms with van der Waals surface area (Å²) in [6.45, 7) is 1.85. The number of hydrogen-bond donors (Lipinski definition) is 3. The standard InChI is InChI=1S/C16H22N2O3/c1-11-8-9-14(19)13(10-11)18-16(21)15(20)17-12-6-4-2-3-5-7-12/h8-10,12,19H,2-7H2,1H3,(H,17,20)(H,18,21). The second kappa shape index (κ2) is 7.11. The summed E-state index contributed by atoms with van der Waals surface area (Å²) in [6.07, 6.45) is 6.41. The van der Waals surface area contributed by atoms with E-state index in [1.165, 1.54) is 18.9 Å². The van der Waals surface area contributed by atoms with Gasteiger partial charge >= 0.3 is 11.8 Å². The normalized spacial score (nSPS) is 16.0. The van der Waals surface area contributed by atoms with Crippen molar-refractivity contribution in [2.24, 2.45) is 0 Å². The molecule has 0 saturated heterocycles. The van der Waals surface area contributed by atoms with Crippen molar-refractivity contribution >= 4 is 17.5 Å². The lowest BCUT2D eigenvalue weighted by Gasteiger charge is -2.16. The Morgan fingerprint density at radius 2 is 1.76 bits per heavy atom. The summed E-state index contributed by atoms with van der Waals surface area (Å²) in [5, 5.41) is 14.9. The van der Waals surface area contributed by atoms with Crippen molar-refractivity contribution in [2.75, 3.05) is 5.32 Å². The SMILES string of the molecule is Cc1ccc(O)c(NC(=O)C(=O)NC2CCCCCC2)c1. The molecule has 1 aromatic rings. The number of hydrogen-bond acceptors (Lipinski definition) is 3. The first-order valence-electron chi connectivity index (χ1n) is 7.48. The van der Waals surface area contributed by atoms with Crippen molar-refractivity contribution in [1.82, 2.24) is 5.32 Å². The Bertz CT molecular complexity index is 520. The fraction of sp³-hybridized carbons (Fsp3) is 0.500. The molecule has 3 N–H and O–H groups in total. The first-order valence-corrected chi connectivity index (χ1v) is 7.48. The Morgan fingerprint density at radius 1 is 1.10 bits per heavy atom. The van der Waals surface area contributed by atoms with Gasteiger partial charge in [0, 0.05) is 6.04 Å². The molecule has 5 heteroatoms. The second-order valence-electron chi connectivity index (χ2n) is 5.64. The van der Waals surface area contributed by atoms with Crippen molar-refractivity contribution in [3.05, 3.63) is 23.8 Å². The summed E-state index contributed by atoms with van der Waals surface area (Å²) in [5.41, 5.74) is 1.16. The van der Waals surface area contributed by atoms with Crippen LogP contribution in [-0.4, -0.2) is 23.0 Å². The molecule has 1 aliphatic carbocycles. The second-order valence-corrected chi connectivity index (χ2v) is 5.64. The van der Waals surface area contributed by atoms with Gasteiger partial charge in [-0.25, -0.2) is 0 Å². The maximum absolute atomic E-state index is 11.9. The molecule has 1 fully saturated rings. The molecule has 2 rings (SSSR count). The van der Waals surface area contributed by atoms with E-state index in [9.17, 15) is 14.7 Å². The summed E-state index contributed by atoms with van der Waals surface area (Å²) in [7, 11) is 0. The van der Waals surface area contributed by atoms with Crippen LogP contribution in [0.15, 0.2) is 18.2 Å². The van der Waals surface area contributed by atoms with Crippen LogP contribution in [0.25, 0.3) is 0 Å². The number of nitrogens with one attached hydrogen (secondary N) is 2. The molecule has 1 aliphatic rings. The Labute approximate surface area is 124 Å². The van der Waals surface area contributed by atoms with Gasteiger partial charge in [0.05, 0.1) is 5.69 Å². The average Bonchev–Trinajstić information content (AvgIpc) is 2.71. The highest BCUT2D eigenvalue weighted by Crippen LogP contribution is 2.23. The highest BCUT2D eigenvalue weighted by Gasteiger charge is 2.20. The molecular weight excluding hydrogens is 268 g/mol. The van der Waals surface area contributed by atoms with Gasteiger partial charge in [0.15, 0.2) is 0 Å². The van der Waals surface area contributed by atoms with Crippen molar-refractivity contribution in [1.29, 1.82) is 0 Å². The van der Waals surface area contributed by atoms with E-state index in [0.717, 1.165) is 31.2 Å². The van der Waals surface area contributed by atoms with E-state index < -0.39 is 11.8 Å². The van der Waals surface area contributed by atoms with Crippen molar-refractivity contribution < 1.29 is 14.7 Å². The third-order valence-electron chi connectivity index (χ3n) is 3.80. The number of benzene rings is 1. The van der Waals surface area contributed by atoms with Gasteiger partial charge < -0.3 is 15.7 Å². The highest BCUT2D eigenvalue weighted by atomic mass is 16.3. The molecular formula is C16H22N2O3. The minimum absolute atomic E-state index is 0.0452.